The monoisotopic (exact) mass is 236 g/mol. The highest BCUT2D eigenvalue weighted by Crippen LogP contribution is 2.23. The smallest absolute Gasteiger partial charge is 0.122 e. The molecule has 1 fully saturated rings. The van der Waals surface area contributed by atoms with Gasteiger partial charge in [-0.05, 0) is 30.9 Å². The lowest BCUT2D eigenvalue weighted by Crippen LogP contribution is -2.33. The van der Waals surface area contributed by atoms with Crippen LogP contribution < -0.4 is 4.74 Å². The topological polar surface area (TPSA) is 38.7 Å². The first kappa shape index (κ1) is 12.4. The van der Waals surface area contributed by atoms with Gasteiger partial charge in [0, 0.05) is 13.0 Å². The van der Waals surface area contributed by atoms with Crippen LogP contribution in [0.1, 0.15) is 24.8 Å². The molecule has 0 aliphatic carbocycles. The summed E-state index contributed by atoms with van der Waals surface area (Å²) in [6, 6.07) is 7.81. The Balaban J connectivity index is 1.99. The van der Waals surface area contributed by atoms with Crippen LogP contribution in [0.2, 0.25) is 0 Å². The van der Waals surface area contributed by atoms with Gasteiger partial charge in [-0.2, -0.15) is 0 Å². The second-order valence-electron chi connectivity index (χ2n) is 4.49. The summed E-state index contributed by atoms with van der Waals surface area (Å²) in [6.45, 7) is 0.771. The van der Waals surface area contributed by atoms with E-state index in [1.54, 1.807) is 7.11 Å². The van der Waals surface area contributed by atoms with E-state index in [0.29, 0.717) is 6.42 Å². The van der Waals surface area contributed by atoms with E-state index in [1.807, 2.05) is 24.3 Å². The fourth-order valence-electron chi connectivity index (χ4n) is 2.30. The summed E-state index contributed by atoms with van der Waals surface area (Å²) >= 11 is 0. The summed E-state index contributed by atoms with van der Waals surface area (Å²) in [7, 11) is 1.66. The molecule has 0 aromatic heterocycles. The van der Waals surface area contributed by atoms with Gasteiger partial charge >= 0.3 is 0 Å². The number of hydrogen-bond donors (Lipinski definition) is 1. The number of methoxy groups -OCH3 is 1. The number of para-hydroxylation sites is 1. The summed E-state index contributed by atoms with van der Waals surface area (Å²) in [5, 5.41) is 10.2. The van der Waals surface area contributed by atoms with Crippen LogP contribution in [-0.2, 0) is 11.2 Å². The number of rotatable bonds is 4. The molecule has 1 aliphatic rings. The third kappa shape index (κ3) is 3.20. The maximum Gasteiger partial charge on any atom is 0.122 e. The molecule has 0 amide bonds. The zero-order chi connectivity index (χ0) is 12.1. The van der Waals surface area contributed by atoms with Crippen molar-refractivity contribution in [1.82, 2.24) is 0 Å². The fraction of sp³-hybridized carbons (Fsp3) is 0.571. The molecule has 1 N–H and O–H groups in total. The van der Waals surface area contributed by atoms with Crippen molar-refractivity contribution in [1.29, 1.82) is 0 Å². The summed E-state index contributed by atoms with van der Waals surface area (Å²) in [5.74, 6) is 0.836. The Morgan fingerprint density at radius 2 is 2.24 bits per heavy atom. The van der Waals surface area contributed by atoms with Crippen LogP contribution in [0, 0.1) is 0 Å². The molecule has 0 saturated carbocycles. The van der Waals surface area contributed by atoms with Gasteiger partial charge in [0.2, 0.25) is 0 Å². The SMILES string of the molecule is COc1ccccc1CC(O)C1CCCCO1. The lowest BCUT2D eigenvalue weighted by Gasteiger charge is -2.27. The Labute approximate surface area is 102 Å². The van der Waals surface area contributed by atoms with Gasteiger partial charge in [0.15, 0.2) is 0 Å². The van der Waals surface area contributed by atoms with Gasteiger partial charge in [0.1, 0.15) is 5.75 Å². The molecule has 3 heteroatoms. The third-order valence-corrected chi connectivity index (χ3v) is 3.27. The Morgan fingerprint density at radius 3 is 2.94 bits per heavy atom. The number of aliphatic hydroxyl groups excluding tert-OH is 1. The quantitative estimate of drug-likeness (QED) is 0.870. The second kappa shape index (κ2) is 6.03. The van der Waals surface area contributed by atoms with Gasteiger partial charge in [-0.3, -0.25) is 0 Å². The lowest BCUT2D eigenvalue weighted by atomic mass is 9.98. The van der Waals surface area contributed by atoms with Crippen molar-refractivity contribution in [2.45, 2.75) is 37.9 Å². The molecular weight excluding hydrogens is 216 g/mol. The van der Waals surface area contributed by atoms with E-state index in [9.17, 15) is 5.11 Å². The highest BCUT2D eigenvalue weighted by molar-refractivity contribution is 5.33. The molecule has 0 bridgehead atoms. The van der Waals surface area contributed by atoms with Crippen molar-refractivity contribution in [2.24, 2.45) is 0 Å². The van der Waals surface area contributed by atoms with Crippen molar-refractivity contribution in [2.75, 3.05) is 13.7 Å². The lowest BCUT2D eigenvalue weighted by molar-refractivity contribution is -0.0612. The average molecular weight is 236 g/mol. The maximum absolute atomic E-state index is 10.2. The summed E-state index contributed by atoms with van der Waals surface area (Å²) in [5.41, 5.74) is 1.04. The van der Waals surface area contributed by atoms with Gasteiger partial charge in [0.05, 0.1) is 19.3 Å². The molecule has 2 rings (SSSR count). The predicted octanol–water partition coefficient (Wildman–Crippen LogP) is 2.17. The molecule has 1 saturated heterocycles. The van der Waals surface area contributed by atoms with Crippen LogP contribution in [0.25, 0.3) is 0 Å². The number of hydrogen-bond acceptors (Lipinski definition) is 3. The molecule has 0 radical (unpaired) electrons. The van der Waals surface area contributed by atoms with Crippen molar-refractivity contribution in [3.63, 3.8) is 0 Å². The molecular formula is C14H20O3. The van der Waals surface area contributed by atoms with E-state index in [1.165, 1.54) is 0 Å². The third-order valence-electron chi connectivity index (χ3n) is 3.27. The van der Waals surface area contributed by atoms with Crippen LogP contribution in [-0.4, -0.2) is 31.0 Å². The van der Waals surface area contributed by atoms with Crippen LogP contribution in [0.3, 0.4) is 0 Å². The largest absolute Gasteiger partial charge is 0.496 e. The van der Waals surface area contributed by atoms with Gasteiger partial charge in [0.25, 0.3) is 0 Å². The zero-order valence-corrected chi connectivity index (χ0v) is 10.3. The van der Waals surface area contributed by atoms with E-state index in [4.69, 9.17) is 9.47 Å². The molecule has 1 aromatic rings. The Bertz CT molecular complexity index is 345. The van der Waals surface area contributed by atoms with Gasteiger partial charge in [-0.1, -0.05) is 18.2 Å². The molecule has 3 nitrogen and oxygen atoms in total. The van der Waals surface area contributed by atoms with Gasteiger partial charge in [-0.15, -0.1) is 0 Å². The number of aliphatic hydroxyl groups is 1. The molecule has 2 atom stereocenters. The highest BCUT2D eigenvalue weighted by atomic mass is 16.5. The van der Waals surface area contributed by atoms with Crippen LogP contribution in [0.5, 0.6) is 5.75 Å². The Kier molecular flexibility index (Phi) is 4.40. The van der Waals surface area contributed by atoms with Crippen LogP contribution in [0.4, 0.5) is 0 Å². The Morgan fingerprint density at radius 1 is 1.41 bits per heavy atom. The summed E-state index contributed by atoms with van der Waals surface area (Å²) in [4.78, 5) is 0. The van der Waals surface area contributed by atoms with Crippen molar-refractivity contribution in [3.05, 3.63) is 29.8 Å². The van der Waals surface area contributed by atoms with Crippen LogP contribution >= 0.6 is 0 Å². The molecule has 0 spiro atoms. The first-order chi connectivity index (χ1) is 8.31. The maximum atomic E-state index is 10.2. The van der Waals surface area contributed by atoms with Crippen molar-refractivity contribution < 1.29 is 14.6 Å². The minimum absolute atomic E-state index is 0.0198. The second-order valence-corrected chi connectivity index (χ2v) is 4.49. The average Bonchev–Trinajstić information content (AvgIpc) is 2.40. The molecule has 17 heavy (non-hydrogen) atoms. The van der Waals surface area contributed by atoms with E-state index in [-0.39, 0.29) is 6.10 Å². The van der Waals surface area contributed by atoms with Gasteiger partial charge < -0.3 is 14.6 Å². The Hall–Kier alpha value is -1.06. The number of ether oxygens (including phenoxy) is 2. The zero-order valence-electron chi connectivity index (χ0n) is 10.3. The molecule has 1 aliphatic heterocycles. The minimum Gasteiger partial charge on any atom is -0.496 e. The fourth-order valence-corrected chi connectivity index (χ4v) is 2.30. The van der Waals surface area contributed by atoms with Gasteiger partial charge in [-0.25, -0.2) is 0 Å². The van der Waals surface area contributed by atoms with E-state index in [0.717, 1.165) is 37.2 Å². The molecule has 2 unspecified atom stereocenters. The van der Waals surface area contributed by atoms with Crippen LogP contribution in [0.15, 0.2) is 24.3 Å². The normalized spacial score (nSPS) is 22.1. The van der Waals surface area contributed by atoms with Crippen molar-refractivity contribution in [3.8, 4) is 5.75 Å². The first-order valence-corrected chi connectivity index (χ1v) is 6.23. The minimum atomic E-state index is -0.438. The van der Waals surface area contributed by atoms with E-state index in [2.05, 4.69) is 0 Å². The molecule has 1 aromatic carbocycles. The summed E-state index contributed by atoms with van der Waals surface area (Å²) < 4.78 is 10.9. The van der Waals surface area contributed by atoms with Crippen molar-refractivity contribution >= 4 is 0 Å². The molecule has 1 heterocycles. The first-order valence-electron chi connectivity index (χ1n) is 6.23. The predicted molar refractivity (Wildman–Crippen MR) is 66.3 cm³/mol. The number of benzene rings is 1. The van der Waals surface area contributed by atoms with E-state index < -0.39 is 6.10 Å². The summed E-state index contributed by atoms with van der Waals surface area (Å²) in [6.07, 6.45) is 3.34. The van der Waals surface area contributed by atoms with E-state index >= 15 is 0 Å². The standard InChI is InChI=1S/C14H20O3/c1-16-13-7-3-2-6-11(13)10-12(15)14-8-4-5-9-17-14/h2-3,6-7,12,14-15H,4-5,8-10H2,1H3. The highest BCUT2D eigenvalue weighted by Gasteiger charge is 2.23. The molecule has 94 valence electrons.